The third-order valence-corrected chi connectivity index (χ3v) is 8.83. The van der Waals surface area contributed by atoms with Crippen molar-refractivity contribution in [2.24, 2.45) is 0 Å². The Balaban J connectivity index is 1.35. The van der Waals surface area contributed by atoms with Crippen LogP contribution in [-0.4, -0.2) is 110 Å². The minimum absolute atomic E-state index is 0.0323. The van der Waals surface area contributed by atoms with Crippen LogP contribution >= 0.6 is 15.6 Å². The van der Waals surface area contributed by atoms with Gasteiger partial charge in [-0.25, -0.2) is 34.0 Å². The lowest BCUT2D eigenvalue weighted by molar-refractivity contribution is -0.113. The van der Waals surface area contributed by atoms with E-state index in [2.05, 4.69) is 29.9 Å². The van der Waals surface area contributed by atoms with Crippen molar-refractivity contribution in [2.75, 3.05) is 26.1 Å². The van der Waals surface area contributed by atoms with Gasteiger partial charge in [0.2, 0.25) is 0 Å². The maximum Gasteiger partial charge on any atom is 0.474 e. The quantitative estimate of drug-likeness (QED) is 0.134. The molecule has 0 saturated carbocycles. The van der Waals surface area contributed by atoms with Crippen LogP contribution in [0.15, 0.2) is 30.1 Å². The molecule has 0 bridgehead atoms. The summed E-state index contributed by atoms with van der Waals surface area (Å²) in [4.78, 5) is 55.7. The van der Waals surface area contributed by atoms with Gasteiger partial charge in [-0.05, 0) is 0 Å². The minimum atomic E-state index is -5.16. The fraction of sp³-hybridized carbons (Fsp3) is 0.500. The van der Waals surface area contributed by atoms with Crippen molar-refractivity contribution in [3.8, 4) is 0 Å². The van der Waals surface area contributed by atoms with Gasteiger partial charge in [-0.2, -0.15) is 0 Å². The number of aliphatic hydroxyl groups is 2. The Morgan fingerprint density at radius 2 is 1.59 bits per heavy atom. The molecule has 6 rings (SSSR count). The van der Waals surface area contributed by atoms with Gasteiger partial charge in [0.05, 0.1) is 32.2 Å². The Kier molecular flexibility index (Phi) is 8.11. The van der Waals surface area contributed by atoms with Crippen LogP contribution in [-0.2, 0) is 36.7 Å². The molecule has 0 aromatic carbocycles. The standard InChI is InChI=1S/C20H25N9O13P2/c1-37-8-2-38-43(33,34)41-14-9(40-19(13(14)31)28-6-26-10-15(21)22-4-23-16(10)28)3-39-44(35,36)42-20(12(8)30)29-7-27-11-17(29)24-5-25-18(11)32/h4-9,12-14,19-20,30-31H,2-3H2,1H3,(H,33,34)(H,35,36)(H2,21,22,23)(H,24,25,32)/t8-,9-,12-,13-,14-,19-,20-/m1/s1. The van der Waals surface area contributed by atoms with Gasteiger partial charge in [-0.15, -0.1) is 0 Å². The summed E-state index contributed by atoms with van der Waals surface area (Å²) in [5.41, 5.74) is 5.13. The molecule has 9 atom stereocenters. The second kappa shape index (κ2) is 11.6. The van der Waals surface area contributed by atoms with Crippen molar-refractivity contribution in [1.82, 2.24) is 39.0 Å². The van der Waals surface area contributed by atoms with Gasteiger partial charge in [-0.3, -0.25) is 32.0 Å². The zero-order valence-corrected chi connectivity index (χ0v) is 24.1. The van der Waals surface area contributed by atoms with E-state index in [1.54, 1.807) is 0 Å². The fourth-order valence-electron chi connectivity index (χ4n) is 4.77. The molecular weight excluding hydrogens is 636 g/mol. The zero-order valence-electron chi connectivity index (χ0n) is 22.3. The Morgan fingerprint density at radius 1 is 0.932 bits per heavy atom. The van der Waals surface area contributed by atoms with E-state index in [4.69, 9.17) is 33.3 Å². The van der Waals surface area contributed by atoms with Crippen LogP contribution < -0.4 is 11.3 Å². The summed E-state index contributed by atoms with van der Waals surface area (Å²) < 4.78 is 60.3. The third kappa shape index (κ3) is 5.67. The summed E-state index contributed by atoms with van der Waals surface area (Å²) in [6, 6.07) is 0. The number of rotatable bonds is 3. The summed E-state index contributed by atoms with van der Waals surface area (Å²) >= 11 is 0. The molecule has 7 N–H and O–H groups in total. The lowest BCUT2D eigenvalue weighted by Crippen LogP contribution is -2.40. The first-order chi connectivity index (χ1) is 20.9. The van der Waals surface area contributed by atoms with Gasteiger partial charge in [-0.1, -0.05) is 0 Å². The van der Waals surface area contributed by atoms with E-state index in [-0.39, 0.29) is 28.1 Å². The van der Waals surface area contributed by atoms with Crippen LogP contribution in [0.5, 0.6) is 0 Å². The van der Waals surface area contributed by atoms with Gasteiger partial charge >= 0.3 is 15.6 Å². The Labute approximate surface area is 244 Å². The highest BCUT2D eigenvalue weighted by molar-refractivity contribution is 7.47. The van der Waals surface area contributed by atoms with Crippen LogP contribution in [0, 0.1) is 0 Å². The third-order valence-electron chi connectivity index (χ3n) is 6.89. The van der Waals surface area contributed by atoms with E-state index < -0.39 is 77.4 Å². The molecule has 2 aliphatic heterocycles. The van der Waals surface area contributed by atoms with Crippen molar-refractivity contribution in [1.29, 1.82) is 0 Å². The highest BCUT2D eigenvalue weighted by Gasteiger charge is 2.51. The molecule has 4 aromatic heterocycles. The number of methoxy groups -OCH3 is 1. The largest absolute Gasteiger partial charge is 0.474 e. The van der Waals surface area contributed by atoms with Crippen LogP contribution in [0.1, 0.15) is 12.5 Å². The van der Waals surface area contributed by atoms with Crippen LogP contribution in [0.4, 0.5) is 5.82 Å². The molecule has 24 heteroatoms. The molecule has 238 valence electrons. The molecular formula is C20H25N9O13P2. The SMILES string of the molecule is CO[C@@H]1COP(=O)(O)O[C@H]2[C@@H](O)[C@H](n3cnc4c(N)ncnc43)O[C@@H]2COP(=O)(O)O[C@@H](n2cnc3c(=O)[nH]cnc32)[C@@H]1O. The number of nitrogens with zero attached hydrogens (tertiary/aromatic N) is 7. The molecule has 22 nitrogen and oxygen atoms in total. The normalized spacial score (nSPS) is 35.6. The summed E-state index contributed by atoms with van der Waals surface area (Å²) in [6.45, 7) is -1.68. The number of hydrogen-bond acceptors (Lipinski definition) is 17. The number of aliphatic hydroxyl groups excluding tert-OH is 2. The lowest BCUT2D eigenvalue weighted by atomic mass is 10.1. The smallest absolute Gasteiger partial charge is 0.386 e. The van der Waals surface area contributed by atoms with Crippen molar-refractivity contribution < 1.29 is 56.7 Å². The van der Waals surface area contributed by atoms with Crippen LogP contribution in [0.25, 0.3) is 22.3 Å². The Hall–Kier alpha value is -3.24. The van der Waals surface area contributed by atoms with Gasteiger partial charge < -0.3 is 40.2 Å². The average Bonchev–Trinajstić information content (AvgIpc) is 3.68. The maximum atomic E-state index is 13.2. The zero-order chi connectivity index (χ0) is 31.4. The predicted molar refractivity (Wildman–Crippen MR) is 141 cm³/mol. The van der Waals surface area contributed by atoms with E-state index in [0.29, 0.717) is 0 Å². The molecule has 0 radical (unpaired) electrons. The van der Waals surface area contributed by atoms with Gasteiger partial charge in [0.15, 0.2) is 35.1 Å². The number of aromatic amines is 1. The fourth-order valence-corrected chi connectivity index (χ4v) is 6.63. The molecule has 2 fully saturated rings. The molecule has 2 unspecified atom stereocenters. The molecule has 2 aliphatic rings. The van der Waals surface area contributed by atoms with Gasteiger partial charge in [0, 0.05) is 7.11 Å². The van der Waals surface area contributed by atoms with Crippen molar-refractivity contribution in [3.05, 3.63) is 35.7 Å². The number of ether oxygens (including phenoxy) is 2. The number of anilines is 1. The second-order valence-corrected chi connectivity index (χ2v) is 12.4. The Bertz CT molecular complexity index is 1830. The van der Waals surface area contributed by atoms with E-state index >= 15 is 0 Å². The summed E-state index contributed by atoms with van der Waals surface area (Å²) in [6.07, 6.45) is -7.17. The number of phosphoric ester groups is 2. The number of nitrogen functional groups attached to an aromatic ring is 1. The van der Waals surface area contributed by atoms with E-state index in [1.165, 1.54) is 10.9 Å². The molecule has 44 heavy (non-hydrogen) atoms. The molecule has 0 amide bonds. The summed E-state index contributed by atoms with van der Waals surface area (Å²) in [5.74, 6) is 0.0323. The molecule has 4 aromatic rings. The highest BCUT2D eigenvalue weighted by atomic mass is 31.2. The number of aromatic nitrogens is 8. The van der Waals surface area contributed by atoms with E-state index in [0.717, 1.165) is 30.7 Å². The first-order valence-electron chi connectivity index (χ1n) is 12.6. The monoisotopic (exact) mass is 661 g/mol. The molecule has 0 spiro atoms. The van der Waals surface area contributed by atoms with Crippen molar-refractivity contribution in [2.45, 2.75) is 43.0 Å². The van der Waals surface area contributed by atoms with Gasteiger partial charge in [0.1, 0.15) is 42.4 Å². The summed E-state index contributed by atoms with van der Waals surface area (Å²) in [7, 11) is -9.11. The van der Waals surface area contributed by atoms with Crippen LogP contribution in [0.2, 0.25) is 0 Å². The highest BCUT2D eigenvalue weighted by Crippen LogP contribution is 2.52. The summed E-state index contributed by atoms with van der Waals surface area (Å²) in [5, 5.41) is 22.3. The number of nitrogens with two attached hydrogens (primary N) is 1. The predicted octanol–water partition coefficient (Wildman–Crippen LogP) is -1.68. The number of phosphoric acid groups is 2. The van der Waals surface area contributed by atoms with E-state index in [1.807, 2.05) is 0 Å². The number of nitrogens with one attached hydrogen (secondary N) is 1. The number of imidazole rings is 2. The molecule has 6 heterocycles. The second-order valence-electron chi connectivity index (χ2n) is 9.55. The molecule has 2 saturated heterocycles. The van der Waals surface area contributed by atoms with Gasteiger partial charge in [0.25, 0.3) is 5.56 Å². The Morgan fingerprint density at radius 3 is 2.34 bits per heavy atom. The van der Waals surface area contributed by atoms with Crippen molar-refractivity contribution in [3.63, 3.8) is 0 Å². The number of hydrogen-bond donors (Lipinski definition) is 6. The first kappa shape index (κ1) is 30.8. The topological polar surface area (TPSA) is 304 Å². The number of fused-ring (bicyclic) bond motifs is 3. The minimum Gasteiger partial charge on any atom is -0.386 e. The number of H-pyrrole nitrogens is 1. The van der Waals surface area contributed by atoms with Crippen LogP contribution in [0.3, 0.4) is 0 Å². The first-order valence-corrected chi connectivity index (χ1v) is 15.6. The van der Waals surface area contributed by atoms with E-state index in [9.17, 15) is 33.9 Å². The average molecular weight is 661 g/mol. The molecule has 0 aliphatic carbocycles. The van der Waals surface area contributed by atoms with Crippen molar-refractivity contribution >= 4 is 43.8 Å². The maximum absolute atomic E-state index is 13.2. The lowest BCUT2D eigenvalue weighted by Gasteiger charge is -2.30.